The topological polar surface area (TPSA) is 78.9 Å². The molecule has 0 spiro atoms. The molecule has 2 rings (SSSR count). The number of hydrogen-bond acceptors (Lipinski definition) is 4. The normalized spacial score (nSPS) is 18.0. The van der Waals surface area contributed by atoms with Gasteiger partial charge >= 0.3 is 0 Å². The Kier molecular flexibility index (Phi) is 6.19. The van der Waals surface area contributed by atoms with E-state index in [-0.39, 0.29) is 11.9 Å². The minimum atomic E-state index is 0.209. The lowest BCUT2D eigenvalue weighted by molar-refractivity contribution is -0.129. The summed E-state index contributed by atoms with van der Waals surface area (Å²) in [5.74, 6) is 1.54. The summed E-state index contributed by atoms with van der Waals surface area (Å²) in [5.41, 5.74) is 1.06. The van der Waals surface area contributed by atoms with E-state index in [1.807, 2.05) is 24.0 Å². The van der Waals surface area contributed by atoms with Crippen molar-refractivity contribution >= 4 is 11.9 Å². The number of ether oxygens (including phenoxy) is 1. The molecule has 0 aromatic carbocycles. The smallest absolute Gasteiger partial charge is 0.222 e. The van der Waals surface area contributed by atoms with Gasteiger partial charge in [-0.05, 0) is 18.1 Å². The second kappa shape index (κ2) is 8.36. The fraction of sp³-hybridized carbons (Fsp3) is 0.562. The molecule has 7 nitrogen and oxygen atoms in total. The molecule has 0 radical (unpaired) electrons. The van der Waals surface area contributed by atoms with Gasteiger partial charge in [-0.3, -0.25) is 9.79 Å². The van der Waals surface area contributed by atoms with Crippen LogP contribution in [0.1, 0.15) is 25.3 Å². The van der Waals surface area contributed by atoms with E-state index in [1.165, 1.54) is 0 Å². The molecule has 7 heteroatoms. The van der Waals surface area contributed by atoms with Crippen LogP contribution in [0.4, 0.5) is 0 Å². The molecule has 0 bridgehead atoms. The van der Waals surface area contributed by atoms with Crippen LogP contribution in [-0.2, 0) is 11.3 Å². The zero-order valence-electron chi connectivity index (χ0n) is 14.0. The number of likely N-dealkylation sites (tertiary alicyclic amines) is 1. The Morgan fingerprint density at radius 2 is 2.39 bits per heavy atom. The zero-order chi connectivity index (χ0) is 16.7. The van der Waals surface area contributed by atoms with Crippen LogP contribution in [0.2, 0.25) is 0 Å². The van der Waals surface area contributed by atoms with Crippen molar-refractivity contribution in [3.63, 3.8) is 0 Å². The van der Waals surface area contributed by atoms with Gasteiger partial charge in [-0.2, -0.15) is 0 Å². The molecule has 2 heterocycles. The number of nitrogens with zero attached hydrogens (tertiary/aromatic N) is 3. The largest absolute Gasteiger partial charge is 0.481 e. The van der Waals surface area contributed by atoms with Crippen LogP contribution in [0, 0.1) is 0 Å². The lowest BCUT2D eigenvalue weighted by Gasteiger charge is -2.18. The summed E-state index contributed by atoms with van der Waals surface area (Å²) in [4.78, 5) is 22.0. The molecule has 1 unspecified atom stereocenters. The third-order valence-corrected chi connectivity index (χ3v) is 3.88. The predicted molar refractivity (Wildman–Crippen MR) is 89.4 cm³/mol. The van der Waals surface area contributed by atoms with Crippen LogP contribution in [0.5, 0.6) is 5.88 Å². The van der Waals surface area contributed by atoms with Gasteiger partial charge in [0, 0.05) is 51.4 Å². The molecular weight excluding hydrogens is 294 g/mol. The highest BCUT2D eigenvalue weighted by Gasteiger charge is 2.25. The molecule has 1 aromatic rings. The first-order valence-electron chi connectivity index (χ1n) is 7.90. The van der Waals surface area contributed by atoms with E-state index >= 15 is 0 Å². The lowest BCUT2D eigenvalue weighted by Crippen LogP contribution is -2.44. The second-order valence-corrected chi connectivity index (χ2v) is 5.46. The number of carbonyl (C=O) groups excluding carboxylic acids is 1. The lowest BCUT2D eigenvalue weighted by atomic mass is 10.2. The van der Waals surface area contributed by atoms with Gasteiger partial charge in [0.1, 0.15) is 0 Å². The number of guanidine groups is 1. The highest BCUT2D eigenvalue weighted by atomic mass is 16.5. The number of amides is 1. The number of carbonyl (C=O) groups is 1. The molecule has 1 aromatic heterocycles. The molecule has 2 N–H and O–H groups in total. The summed E-state index contributed by atoms with van der Waals surface area (Å²) in [6.07, 6.45) is 3.22. The third-order valence-electron chi connectivity index (χ3n) is 3.88. The van der Waals surface area contributed by atoms with Crippen molar-refractivity contribution in [2.24, 2.45) is 4.99 Å². The minimum absolute atomic E-state index is 0.209. The van der Waals surface area contributed by atoms with Crippen LogP contribution in [0.15, 0.2) is 23.3 Å². The van der Waals surface area contributed by atoms with Crippen LogP contribution in [-0.4, -0.2) is 55.0 Å². The molecular formula is C16H25N5O2. The Morgan fingerprint density at radius 1 is 1.57 bits per heavy atom. The van der Waals surface area contributed by atoms with Gasteiger partial charge in [-0.25, -0.2) is 4.98 Å². The van der Waals surface area contributed by atoms with Crippen LogP contribution in [0.3, 0.4) is 0 Å². The maximum absolute atomic E-state index is 11.7. The summed E-state index contributed by atoms with van der Waals surface area (Å²) in [7, 11) is 3.34. The first kappa shape index (κ1) is 17.1. The highest BCUT2D eigenvalue weighted by molar-refractivity contribution is 5.80. The van der Waals surface area contributed by atoms with Gasteiger partial charge in [0.25, 0.3) is 0 Å². The van der Waals surface area contributed by atoms with Gasteiger partial charge in [0.15, 0.2) is 5.96 Å². The maximum atomic E-state index is 11.7. The van der Waals surface area contributed by atoms with E-state index in [1.54, 1.807) is 20.4 Å². The van der Waals surface area contributed by atoms with E-state index in [9.17, 15) is 4.79 Å². The zero-order valence-corrected chi connectivity index (χ0v) is 14.0. The summed E-state index contributed by atoms with van der Waals surface area (Å²) < 4.78 is 5.12. The summed E-state index contributed by atoms with van der Waals surface area (Å²) in [6, 6.07) is 4.06. The average molecular weight is 319 g/mol. The van der Waals surface area contributed by atoms with Crippen molar-refractivity contribution in [1.82, 2.24) is 20.5 Å². The van der Waals surface area contributed by atoms with Crippen LogP contribution >= 0.6 is 0 Å². The van der Waals surface area contributed by atoms with Crippen molar-refractivity contribution in [3.8, 4) is 5.88 Å². The van der Waals surface area contributed by atoms with E-state index in [2.05, 4.69) is 20.6 Å². The van der Waals surface area contributed by atoms with Crippen LogP contribution < -0.4 is 15.4 Å². The Hall–Kier alpha value is -2.31. The number of pyridine rings is 1. The summed E-state index contributed by atoms with van der Waals surface area (Å²) in [6.45, 7) is 4.06. The van der Waals surface area contributed by atoms with Crippen molar-refractivity contribution < 1.29 is 9.53 Å². The number of nitrogens with one attached hydrogen (secondary N) is 2. The van der Waals surface area contributed by atoms with Crippen molar-refractivity contribution in [2.75, 3.05) is 27.2 Å². The predicted octanol–water partition coefficient (Wildman–Crippen LogP) is 0.766. The standard InChI is InChI=1S/C16H25N5O2/c1-4-15(22)21-8-6-13(11-21)20-16(17-2)19-10-12-5-7-18-14(9-12)23-3/h5,7,9,13H,4,6,8,10-11H2,1-3H3,(H2,17,19,20). The van der Waals surface area contributed by atoms with E-state index < -0.39 is 0 Å². The fourth-order valence-corrected chi connectivity index (χ4v) is 2.57. The number of hydrogen-bond donors (Lipinski definition) is 2. The van der Waals surface area contributed by atoms with Gasteiger partial charge in [-0.1, -0.05) is 6.92 Å². The first-order valence-corrected chi connectivity index (χ1v) is 7.90. The molecule has 0 aliphatic carbocycles. The summed E-state index contributed by atoms with van der Waals surface area (Å²) >= 11 is 0. The Balaban J connectivity index is 1.83. The Morgan fingerprint density at radius 3 is 3.09 bits per heavy atom. The molecule has 0 saturated carbocycles. The van der Waals surface area contributed by atoms with Gasteiger partial charge in [0.05, 0.1) is 7.11 Å². The van der Waals surface area contributed by atoms with E-state index in [0.717, 1.165) is 31.0 Å². The molecule has 1 fully saturated rings. The van der Waals surface area contributed by atoms with E-state index in [4.69, 9.17) is 4.74 Å². The number of methoxy groups -OCH3 is 1. The number of aromatic nitrogens is 1. The SMILES string of the molecule is CCC(=O)N1CCC(NC(=NC)NCc2ccnc(OC)c2)C1. The first-order chi connectivity index (χ1) is 11.2. The Labute approximate surface area is 137 Å². The highest BCUT2D eigenvalue weighted by Crippen LogP contribution is 2.11. The molecule has 1 saturated heterocycles. The second-order valence-electron chi connectivity index (χ2n) is 5.46. The molecule has 1 atom stereocenters. The fourth-order valence-electron chi connectivity index (χ4n) is 2.57. The van der Waals surface area contributed by atoms with Crippen molar-refractivity contribution in [1.29, 1.82) is 0 Å². The third kappa shape index (κ3) is 4.84. The average Bonchev–Trinajstić information content (AvgIpc) is 3.06. The van der Waals surface area contributed by atoms with E-state index in [0.29, 0.717) is 18.8 Å². The number of aliphatic imine (C=N–C) groups is 1. The number of rotatable bonds is 5. The van der Waals surface area contributed by atoms with Crippen molar-refractivity contribution in [2.45, 2.75) is 32.4 Å². The Bertz CT molecular complexity index is 561. The van der Waals surface area contributed by atoms with Crippen LogP contribution in [0.25, 0.3) is 0 Å². The van der Waals surface area contributed by atoms with Crippen molar-refractivity contribution in [3.05, 3.63) is 23.9 Å². The summed E-state index contributed by atoms with van der Waals surface area (Å²) in [5, 5.41) is 6.65. The minimum Gasteiger partial charge on any atom is -0.481 e. The maximum Gasteiger partial charge on any atom is 0.222 e. The molecule has 1 amide bonds. The molecule has 1 aliphatic rings. The molecule has 1 aliphatic heterocycles. The monoisotopic (exact) mass is 319 g/mol. The molecule has 126 valence electrons. The molecule has 23 heavy (non-hydrogen) atoms. The van der Waals surface area contributed by atoms with Gasteiger partial charge in [0.2, 0.25) is 11.8 Å². The quantitative estimate of drug-likeness (QED) is 0.619. The van der Waals surface area contributed by atoms with Gasteiger partial charge < -0.3 is 20.3 Å². The van der Waals surface area contributed by atoms with Gasteiger partial charge in [-0.15, -0.1) is 0 Å².